The van der Waals surface area contributed by atoms with Gasteiger partial charge in [-0.15, -0.1) is 0 Å². The van der Waals surface area contributed by atoms with Crippen LogP contribution in [0.2, 0.25) is 0 Å². The van der Waals surface area contributed by atoms with E-state index in [1.807, 2.05) is 35.1 Å². The second-order valence-electron chi connectivity index (χ2n) is 6.85. The molecule has 0 saturated heterocycles. The van der Waals surface area contributed by atoms with Crippen LogP contribution < -0.4 is 9.03 Å². The number of nitrogens with one attached hydrogen (secondary N) is 1. The van der Waals surface area contributed by atoms with Gasteiger partial charge in [-0.3, -0.25) is 0 Å². The number of aliphatic hydroxyl groups is 2. The van der Waals surface area contributed by atoms with Crippen molar-refractivity contribution >= 4 is 15.9 Å². The number of aliphatic hydroxyl groups excluding tert-OH is 2. The first-order valence-corrected chi connectivity index (χ1v) is 10.5. The molecule has 3 rings (SSSR count). The Morgan fingerprint density at radius 1 is 1.11 bits per heavy atom. The highest BCUT2D eigenvalue weighted by Crippen LogP contribution is 2.35. The van der Waals surface area contributed by atoms with Crippen LogP contribution in [0.15, 0.2) is 60.6 Å². The standard InChI is InChI=1S/C20H24N2O5S/c1-2-6-16(20(25)15-7-4-3-5-8-15)11-14-9-10-17(18(23)12-14)22-13-19(24)21-28(22,26)27/h3-5,7-10,12-13,16,20-21,23-25H,2,6,11H2,1H3. The fourth-order valence-electron chi connectivity index (χ4n) is 3.44. The molecule has 4 N–H and O–H groups in total. The van der Waals surface area contributed by atoms with Gasteiger partial charge >= 0.3 is 10.2 Å². The van der Waals surface area contributed by atoms with E-state index in [1.54, 1.807) is 6.07 Å². The molecule has 150 valence electrons. The van der Waals surface area contributed by atoms with Gasteiger partial charge in [0, 0.05) is 0 Å². The third-order valence-corrected chi connectivity index (χ3v) is 6.04. The Labute approximate surface area is 164 Å². The van der Waals surface area contributed by atoms with Crippen LogP contribution in [0.1, 0.15) is 37.0 Å². The smallest absolute Gasteiger partial charge is 0.330 e. The number of rotatable bonds is 7. The molecule has 2 aromatic rings. The van der Waals surface area contributed by atoms with Crippen molar-refractivity contribution in [3.63, 3.8) is 0 Å². The third-order valence-electron chi connectivity index (χ3n) is 4.75. The van der Waals surface area contributed by atoms with Crippen LogP contribution in [-0.2, 0) is 16.6 Å². The zero-order valence-electron chi connectivity index (χ0n) is 15.5. The number of benzene rings is 2. The molecule has 2 atom stereocenters. The molecule has 7 nitrogen and oxygen atoms in total. The van der Waals surface area contributed by atoms with Gasteiger partial charge in [-0.05, 0) is 42.0 Å². The molecule has 0 aromatic heterocycles. The Balaban J connectivity index is 1.82. The minimum Gasteiger partial charge on any atom is -0.506 e. The minimum atomic E-state index is -3.97. The Morgan fingerprint density at radius 3 is 2.39 bits per heavy atom. The van der Waals surface area contributed by atoms with Gasteiger partial charge in [-0.1, -0.05) is 49.7 Å². The number of nitrogens with zero attached hydrogens (tertiary/aromatic N) is 1. The number of phenols is 1. The summed E-state index contributed by atoms with van der Waals surface area (Å²) in [5.74, 6) is -0.783. The van der Waals surface area contributed by atoms with Crippen LogP contribution in [0.5, 0.6) is 5.75 Å². The quantitative estimate of drug-likeness (QED) is 0.567. The molecule has 0 amide bonds. The average Bonchev–Trinajstić information content (AvgIpc) is 2.93. The largest absolute Gasteiger partial charge is 0.506 e. The second-order valence-corrected chi connectivity index (χ2v) is 8.40. The molecule has 1 aliphatic heterocycles. The monoisotopic (exact) mass is 404 g/mol. The summed E-state index contributed by atoms with van der Waals surface area (Å²) < 4.78 is 26.7. The van der Waals surface area contributed by atoms with Crippen LogP contribution in [0, 0.1) is 5.92 Å². The van der Waals surface area contributed by atoms with Crippen molar-refractivity contribution in [1.29, 1.82) is 0 Å². The highest BCUT2D eigenvalue weighted by atomic mass is 32.2. The average molecular weight is 404 g/mol. The first kappa shape index (κ1) is 20.0. The van der Waals surface area contributed by atoms with Crippen molar-refractivity contribution in [1.82, 2.24) is 4.72 Å². The molecular formula is C20H24N2O5S. The normalized spacial score (nSPS) is 17.6. The van der Waals surface area contributed by atoms with Crippen molar-refractivity contribution < 1.29 is 23.7 Å². The predicted molar refractivity (Wildman–Crippen MR) is 107 cm³/mol. The minimum absolute atomic E-state index is 0.0379. The summed E-state index contributed by atoms with van der Waals surface area (Å²) in [5.41, 5.74) is 1.67. The summed E-state index contributed by atoms with van der Waals surface area (Å²) in [6.45, 7) is 2.05. The molecule has 0 radical (unpaired) electrons. The molecule has 2 aromatic carbocycles. The fourth-order valence-corrected chi connectivity index (χ4v) is 4.50. The highest BCUT2D eigenvalue weighted by Gasteiger charge is 2.30. The molecule has 28 heavy (non-hydrogen) atoms. The van der Waals surface area contributed by atoms with E-state index in [-0.39, 0.29) is 17.4 Å². The summed E-state index contributed by atoms with van der Waals surface area (Å²) in [6.07, 6.45) is 2.60. The van der Waals surface area contributed by atoms with E-state index in [4.69, 9.17) is 0 Å². The molecule has 1 aliphatic rings. The van der Waals surface area contributed by atoms with Crippen LogP contribution >= 0.6 is 0 Å². The fraction of sp³-hybridized carbons (Fsp3) is 0.300. The Hall–Kier alpha value is -2.71. The van der Waals surface area contributed by atoms with Gasteiger partial charge in [-0.25, -0.2) is 9.03 Å². The maximum atomic E-state index is 12.0. The van der Waals surface area contributed by atoms with Gasteiger partial charge < -0.3 is 15.3 Å². The highest BCUT2D eigenvalue weighted by molar-refractivity contribution is 7.91. The first-order chi connectivity index (χ1) is 13.3. The zero-order chi connectivity index (χ0) is 20.3. The predicted octanol–water partition coefficient (Wildman–Crippen LogP) is 3.10. The van der Waals surface area contributed by atoms with Crippen molar-refractivity contribution in [2.75, 3.05) is 4.31 Å². The summed E-state index contributed by atoms with van der Waals surface area (Å²) >= 11 is 0. The van der Waals surface area contributed by atoms with Crippen LogP contribution in [0.25, 0.3) is 0 Å². The van der Waals surface area contributed by atoms with Gasteiger partial charge in [0.15, 0.2) is 0 Å². The molecule has 8 heteroatoms. The molecule has 0 fully saturated rings. The van der Waals surface area contributed by atoms with Gasteiger partial charge in [0.2, 0.25) is 5.88 Å². The van der Waals surface area contributed by atoms with Crippen molar-refractivity contribution in [3.05, 3.63) is 71.7 Å². The van der Waals surface area contributed by atoms with E-state index in [1.165, 1.54) is 12.1 Å². The zero-order valence-corrected chi connectivity index (χ0v) is 16.3. The van der Waals surface area contributed by atoms with Gasteiger partial charge in [-0.2, -0.15) is 8.42 Å². The Bertz CT molecular complexity index is 960. The van der Waals surface area contributed by atoms with Crippen molar-refractivity contribution in [2.45, 2.75) is 32.3 Å². The summed E-state index contributed by atoms with van der Waals surface area (Å²) in [4.78, 5) is 0. The van der Waals surface area contributed by atoms with Gasteiger partial charge in [0.25, 0.3) is 0 Å². The molecule has 0 spiro atoms. The van der Waals surface area contributed by atoms with Gasteiger partial charge in [0.1, 0.15) is 11.4 Å². The maximum Gasteiger partial charge on any atom is 0.330 e. The molecule has 0 aliphatic carbocycles. The van der Waals surface area contributed by atoms with E-state index in [2.05, 4.69) is 6.92 Å². The van der Waals surface area contributed by atoms with Crippen LogP contribution in [-0.4, -0.2) is 23.7 Å². The third kappa shape index (κ3) is 4.23. The van der Waals surface area contributed by atoms with Crippen molar-refractivity contribution in [2.24, 2.45) is 5.92 Å². The number of phenolic OH excluding ortho intramolecular Hbond substituents is 1. The lowest BCUT2D eigenvalue weighted by molar-refractivity contribution is 0.102. The summed E-state index contributed by atoms with van der Waals surface area (Å²) in [5, 5.41) is 30.5. The Morgan fingerprint density at radius 2 is 1.82 bits per heavy atom. The number of anilines is 1. The van der Waals surface area contributed by atoms with E-state index >= 15 is 0 Å². The lowest BCUT2D eigenvalue weighted by atomic mass is 9.86. The molecule has 0 saturated carbocycles. The van der Waals surface area contributed by atoms with Gasteiger partial charge in [0.05, 0.1) is 12.3 Å². The van der Waals surface area contributed by atoms with Crippen molar-refractivity contribution in [3.8, 4) is 5.75 Å². The first-order valence-electron chi connectivity index (χ1n) is 9.09. The van der Waals surface area contributed by atoms with E-state index in [9.17, 15) is 23.7 Å². The molecule has 2 unspecified atom stereocenters. The SMILES string of the molecule is CCCC(Cc1ccc(N2C=C(O)NS2(=O)=O)c(O)c1)C(O)c1ccccc1. The molecular weight excluding hydrogens is 380 g/mol. The Kier molecular flexibility index (Phi) is 5.81. The molecule has 0 bridgehead atoms. The summed E-state index contributed by atoms with van der Waals surface area (Å²) in [6, 6.07) is 14.1. The lowest BCUT2D eigenvalue weighted by Crippen LogP contribution is -2.29. The van der Waals surface area contributed by atoms with E-state index < -0.39 is 22.2 Å². The van der Waals surface area contributed by atoms with E-state index in [0.717, 1.165) is 34.5 Å². The van der Waals surface area contributed by atoms with Crippen LogP contribution in [0.3, 0.4) is 0 Å². The molecule has 1 heterocycles. The lowest BCUT2D eigenvalue weighted by Gasteiger charge is -2.24. The van der Waals surface area contributed by atoms with E-state index in [0.29, 0.717) is 6.42 Å². The van der Waals surface area contributed by atoms with Crippen LogP contribution in [0.4, 0.5) is 5.69 Å². The number of hydrogen-bond donors (Lipinski definition) is 4. The summed E-state index contributed by atoms with van der Waals surface area (Å²) in [7, 11) is -3.97. The number of hydrogen-bond acceptors (Lipinski definition) is 5. The topological polar surface area (TPSA) is 110 Å². The number of aromatic hydroxyl groups is 1. The second kappa shape index (κ2) is 8.12. The maximum absolute atomic E-state index is 12.0.